The molecule has 1 unspecified atom stereocenters. The standard InChI is InChI=1S/C11H21NO4/c1-8(6-13)16-9(14)12-10(2,3)7-15-11(12,4)5/h8,13H,6-7H2,1-5H3. The molecule has 1 heterocycles. The van der Waals surface area contributed by atoms with E-state index in [1.165, 1.54) is 0 Å². The van der Waals surface area contributed by atoms with Gasteiger partial charge in [-0.25, -0.2) is 4.79 Å². The summed E-state index contributed by atoms with van der Waals surface area (Å²) in [4.78, 5) is 13.5. The number of nitrogens with zero attached hydrogens (tertiary/aromatic N) is 1. The van der Waals surface area contributed by atoms with Gasteiger partial charge in [-0.3, -0.25) is 4.90 Å². The number of hydrogen-bond donors (Lipinski definition) is 1. The van der Waals surface area contributed by atoms with Gasteiger partial charge < -0.3 is 14.6 Å². The third-order valence-corrected chi connectivity index (χ3v) is 2.66. The van der Waals surface area contributed by atoms with Gasteiger partial charge in [0.25, 0.3) is 0 Å². The topological polar surface area (TPSA) is 59.0 Å². The van der Waals surface area contributed by atoms with Gasteiger partial charge in [-0.15, -0.1) is 0 Å². The van der Waals surface area contributed by atoms with E-state index in [4.69, 9.17) is 14.6 Å². The van der Waals surface area contributed by atoms with E-state index in [1.807, 2.05) is 27.7 Å². The molecule has 0 aromatic rings. The van der Waals surface area contributed by atoms with E-state index < -0.39 is 23.5 Å². The number of rotatable bonds is 2. The zero-order chi connectivity index (χ0) is 12.6. The molecule has 0 saturated carbocycles. The van der Waals surface area contributed by atoms with Crippen LogP contribution in [0.25, 0.3) is 0 Å². The molecule has 5 nitrogen and oxygen atoms in total. The zero-order valence-electron chi connectivity index (χ0n) is 10.6. The van der Waals surface area contributed by atoms with Crippen LogP contribution in [-0.4, -0.2) is 46.7 Å². The molecule has 1 fully saturated rings. The van der Waals surface area contributed by atoms with E-state index in [2.05, 4.69) is 0 Å². The first-order chi connectivity index (χ1) is 7.20. The molecule has 1 saturated heterocycles. The maximum atomic E-state index is 12.0. The van der Waals surface area contributed by atoms with Crippen LogP contribution in [0, 0.1) is 0 Å². The molecule has 0 radical (unpaired) electrons. The highest BCUT2D eigenvalue weighted by Crippen LogP contribution is 2.35. The number of carbonyl (C=O) groups is 1. The number of ether oxygens (including phenoxy) is 2. The van der Waals surface area contributed by atoms with E-state index in [-0.39, 0.29) is 6.61 Å². The molecule has 16 heavy (non-hydrogen) atoms. The number of amides is 1. The molecule has 1 atom stereocenters. The molecule has 5 heteroatoms. The molecule has 94 valence electrons. The lowest BCUT2D eigenvalue weighted by molar-refractivity contribution is -0.0605. The third kappa shape index (κ3) is 2.47. The van der Waals surface area contributed by atoms with Crippen molar-refractivity contribution in [2.75, 3.05) is 13.2 Å². The van der Waals surface area contributed by atoms with Crippen molar-refractivity contribution in [1.82, 2.24) is 4.90 Å². The monoisotopic (exact) mass is 231 g/mol. The Hall–Kier alpha value is -0.810. The van der Waals surface area contributed by atoms with Crippen molar-refractivity contribution in [3.8, 4) is 0 Å². The van der Waals surface area contributed by atoms with Crippen LogP contribution in [0.2, 0.25) is 0 Å². The van der Waals surface area contributed by atoms with Crippen LogP contribution in [0.4, 0.5) is 4.79 Å². The van der Waals surface area contributed by atoms with Crippen LogP contribution in [-0.2, 0) is 9.47 Å². The van der Waals surface area contributed by atoms with Gasteiger partial charge in [-0.05, 0) is 34.6 Å². The summed E-state index contributed by atoms with van der Waals surface area (Å²) in [5.41, 5.74) is -1.06. The van der Waals surface area contributed by atoms with E-state index in [9.17, 15) is 4.79 Å². The number of carbonyl (C=O) groups excluding carboxylic acids is 1. The fourth-order valence-electron chi connectivity index (χ4n) is 1.94. The normalized spacial score (nSPS) is 24.2. The molecule has 1 aliphatic heterocycles. The van der Waals surface area contributed by atoms with Crippen LogP contribution >= 0.6 is 0 Å². The SMILES string of the molecule is CC(CO)OC(=O)N1C(C)(C)COC1(C)C. The van der Waals surface area contributed by atoms with Gasteiger partial charge >= 0.3 is 6.09 Å². The molecule has 1 aliphatic rings. The Morgan fingerprint density at radius 3 is 2.44 bits per heavy atom. The summed E-state index contributed by atoms with van der Waals surface area (Å²) < 4.78 is 10.7. The van der Waals surface area contributed by atoms with Gasteiger partial charge in [0, 0.05) is 0 Å². The van der Waals surface area contributed by atoms with Crippen LogP contribution < -0.4 is 0 Å². The minimum atomic E-state index is -0.671. The molecule has 1 amide bonds. The van der Waals surface area contributed by atoms with Crippen molar-refractivity contribution < 1.29 is 19.4 Å². The van der Waals surface area contributed by atoms with Gasteiger partial charge in [-0.2, -0.15) is 0 Å². The lowest BCUT2D eigenvalue weighted by Gasteiger charge is -2.37. The van der Waals surface area contributed by atoms with Gasteiger partial charge in [-0.1, -0.05) is 0 Å². The quantitative estimate of drug-likeness (QED) is 0.779. The maximum Gasteiger partial charge on any atom is 0.412 e. The Bertz CT molecular complexity index is 259. The minimum absolute atomic E-state index is 0.179. The lowest BCUT2D eigenvalue weighted by Crippen LogP contribution is -2.53. The first-order valence-corrected chi connectivity index (χ1v) is 5.46. The first kappa shape index (κ1) is 13.3. The largest absolute Gasteiger partial charge is 0.444 e. The van der Waals surface area contributed by atoms with Crippen molar-refractivity contribution >= 4 is 6.09 Å². The molecular formula is C11H21NO4. The molecule has 1 N–H and O–H groups in total. The predicted octanol–water partition coefficient (Wildman–Crippen LogP) is 1.35. The zero-order valence-corrected chi connectivity index (χ0v) is 10.6. The predicted molar refractivity (Wildman–Crippen MR) is 59.0 cm³/mol. The summed E-state index contributed by atoms with van der Waals surface area (Å²) in [6, 6.07) is 0. The van der Waals surface area contributed by atoms with Gasteiger partial charge in [0.05, 0.1) is 18.8 Å². The summed E-state index contributed by atoms with van der Waals surface area (Å²) in [6.07, 6.45) is -0.950. The smallest absolute Gasteiger partial charge is 0.412 e. The summed E-state index contributed by atoms with van der Waals surface area (Å²) in [7, 11) is 0. The molecule has 0 spiro atoms. The maximum absolute atomic E-state index is 12.0. The Kier molecular flexibility index (Phi) is 3.50. The fraction of sp³-hybridized carbons (Fsp3) is 0.909. The average Bonchev–Trinajstić information content (AvgIpc) is 2.35. The van der Waals surface area contributed by atoms with E-state index in [1.54, 1.807) is 11.8 Å². The minimum Gasteiger partial charge on any atom is -0.444 e. The molecular weight excluding hydrogens is 210 g/mol. The average molecular weight is 231 g/mol. The molecule has 1 rings (SSSR count). The highest BCUT2D eigenvalue weighted by atomic mass is 16.6. The third-order valence-electron chi connectivity index (χ3n) is 2.66. The Balaban J connectivity index is 2.80. The van der Waals surface area contributed by atoms with Gasteiger partial charge in [0.1, 0.15) is 11.8 Å². The Labute approximate surface area is 96.3 Å². The van der Waals surface area contributed by atoms with Gasteiger partial charge in [0.2, 0.25) is 0 Å². The van der Waals surface area contributed by atoms with E-state index in [0.717, 1.165) is 0 Å². The summed E-state index contributed by atoms with van der Waals surface area (Å²) in [6.45, 7) is 9.44. The van der Waals surface area contributed by atoms with E-state index >= 15 is 0 Å². The lowest BCUT2D eigenvalue weighted by atomic mass is 10.0. The van der Waals surface area contributed by atoms with Crippen molar-refractivity contribution in [3.05, 3.63) is 0 Å². The van der Waals surface area contributed by atoms with Crippen LogP contribution in [0.5, 0.6) is 0 Å². The molecule has 0 bridgehead atoms. The Morgan fingerprint density at radius 2 is 2.06 bits per heavy atom. The second-order valence-electron chi connectivity index (χ2n) is 5.26. The second kappa shape index (κ2) is 4.22. The fourth-order valence-corrected chi connectivity index (χ4v) is 1.94. The van der Waals surface area contributed by atoms with Crippen LogP contribution in [0.15, 0.2) is 0 Å². The van der Waals surface area contributed by atoms with Crippen molar-refractivity contribution in [2.45, 2.75) is 52.0 Å². The van der Waals surface area contributed by atoms with Gasteiger partial charge in [0.15, 0.2) is 0 Å². The number of aliphatic hydroxyl groups excluding tert-OH is 1. The molecule has 0 aromatic heterocycles. The molecule has 0 aromatic carbocycles. The van der Waals surface area contributed by atoms with E-state index in [0.29, 0.717) is 6.61 Å². The van der Waals surface area contributed by atoms with Crippen molar-refractivity contribution in [3.63, 3.8) is 0 Å². The summed E-state index contributed by atoms with van der Waals surface area (Å²) in [5, 5.41) is 8.86. The Morgan fingerprint density at radius 1 is 1.50 bits per heavy atom. The van der Waals surface area contributed by atoms with Crippen molar-refractivity contribution in [1.29, 1.82) is 0 Å². The van der Waals surface area contributed by atoms with Crippen LogP contribution in [0.3, 0.4) is 0 Å². The first-order valence-electron chi connectivity index (χ1n) is 5.46. The number of hydrogen-bond acceptors (Lipinski definition) is 4. The highest BCUT2D eigenvalue weighted by Gasteiger charge is 2.49. The van der Waals surface area contributed by atoms with Crippen LogP contribution in [0.1, 0.15) is 34.6 Å². The molecule has 0 aliphatic carbocycles. The summed E-state index contributed by atoms with van der Waals surface area (Å²) >= 11 is 0. The summed E-state index contributed by atoms with van der Waals surface area (Å²) in [5.74, 6) is 0. The van der Waals surface area contributed by atoms with Crippen molar-refractivity contribution in [2.24, 2.45) is 0 Å². The second-order valence-corrected chi connectivity index (χ2v) is 5.26. The number of aliphatic hydroxyl groups is 1. The highest BCUT2D eigenvalue weighted by molar-refractivity contribution is 5.70.